The molecule has 35 heavy (non-hydrogen) atoms. The van der Waals surface area contributed by atoms with Crippen molar-refractivity contribution in [3.05, 3.63) is 70.8 Å². The van der Waals surface area contributed by atoms with Crippen LogP contribution in [0.25, 0.3) is 10.9 Å². The van der Waals surface area contributed by atoms with E-state index in [1.165, 1.54) is 49.8 Å². The Balaban J connectivity index is 1.44. The van der Waals surface area contributed by atoms with E-state index in [1.807, 2.05) is 11.0 Å². The van der Waals surface area contributed by atoms with Crippen LogP contribution in [0.15, 0.2) is 48.5 Å². The number of halogens is 3. The molecule has 1 aliphatic carbocycles. The Kier molecular flexibility index (Phi) is 6.67. The molecular weight excluding hydrogens is 451 g/mol. The fourth-order valence-electron chi connectivity index (χ4n) is 5.30. The molecule has 0 atom stereocenters. The Morgan fingerprint density at radius 1 is 0.943 bits per heavy atom. The van der Waals surface area contributed by atoms with Gasteiger partial charge in [0.05, 0.1) is 16.6 Å². The highest BCUT2D eigenvalue weighted by molar-refractivity contribution is 6.07. The second-order valence-electron chi connectivity index (χ2n) is 9.71. The molecule has 0 unspecified atom stereocenters. The molecule has 1 aliphatic heterocycles. The van der Waals surface area contributed by atoms with Crippen molar-refractivity contribution in [1.82, 2.24) is 9.88 Å². The molecule has 2 fully saturated rings. The lowest BCUT2D eigenvalue weighted by molar-refractivity contribution is -0.137. The smallest absolute Gasteiger partial charge is 0.366 e. The van der Waals surface area contributed by atoms with Gasteiger partial charge in [-0.25, -0.2) is 4.98 Å². The van der Waals surface area contributed by atoms with Crippen molar-refractivity contribution in [2.24, 2.45) is 0 Å². The van der Waals surface area contributed by atoms with Crippen LogP contribution in [0.2, 0.25) is 0 Å². The number of carbonyl (C=O) groups is 1. The van der Waals surface area contributed by atoms with E-state index in [1.54, 1.807) is 6.07 Å². The van der Waals surface area contributed by atoms with Crippen molar-refractivity contribution in [3.63, 3.8) is 0 Å². The number of pyridine rings is 1. The van der Waals surface area contributed by atoms with Crippen LogP contribution in [-0.4, -0.2) is 28.9 Å². The Morgan fingerprint density at radius 2 is 1.66 bits per heavy atom. The largest absolute Gasteiger partial charge is 0.416 e. The minimum Gasteiger partial charge on any atom is -0.366 e. The summed E-state index contributed by atoms with van der Waals surface area (Å²) >= 11 is 0. The normalized spacial score (nSPS) is 17.2. The lowest BCUT2D eigenvalue weighted by atomic mass is 9.83. The van der Waals surface area contributed by atoms with E-state index in [0.717, 1.165) is 49.0 Å². The average molecular weight is 482 g/mol. The number of carbonyl (C=O) groups excluding carboxylic acids is 1. The fraction of sp³-hybridized carbons (Fsp3) is 0.429. The van der Waals surface area contributed by atoms with Gasteiger partial charge in [-0.05, 0) is 73.1 Å². The lowest BCUT2D eigenvalue weighted by Gasteiger charge is -2.23. The molecule has 3 aromatic rings. The molecule has 2 aliphatic rings. The Hall–Kier alpha value is -3.09. The first-order chi connectivity index (χ1) is 16.9. The molecule has 7 heteroatoms. The van der Waals surface area contributed by atoms with Gasteiger partial charge in [0.25, 0.3) is 5.91 Å². The van der Waals surface area contributed by atoms with Crippen LogP contribution in [0, 0.1) is 0 Å². The standard InChI is InChI=1S/C28H30F3N3O/c29-28(30,31)22-11-8-19(9-12-22)18-32-26-17-24(27(35)34-14-4-5-15-34)23-16-21(10-13-25(23)33-26)20-6-2-1-3-7-20/h8-13,16-17,20H,1-7,14-15,18H2,(H,32,33). The molecule has 1 amide bonds. The van der Waals surface area contributed by atoms with Gasteiger partial charge in [-0.2, -0.15) is 13.2 Å². The summed E-state index contributed by atoms with van der Waals surface area (Å²) in [5.74, 6) is 1.10. The first kappa shape index (κ1) is 23.6. The third-order valence-corrected chi connectivity index (χ3v) is 7.29. The summed E-state index contributed by atoms with van der Waals surface area (Å²) in [7, 11) is 0. The number of benzene rings is 2. The minimum atomic E-state index is -4.35. The van der Waals surface area contributed by atoms with E-state index in [9.17, 15) is 18.0 Å². The van der Waals surface area contributed by atoms with Crippen LogP contribution in [0.5, 0.6) is 0 Å². The lowest BCUT2D eigenvalue weighted by Crippen LogP contribution is -2.28. The van der Waals surface area contributed by atoms with E-state index < -0.39 is 11.7 Å². The third kappa shape index (κ3) is 5.29. The molecule has 2 heterocycles. The second-order valence-corrected chi connectivity index (χ2v) is 9.71. The Labute approximate surface area is 203 Å². The van der Waals surface area contributed by atoms with E-state index in [4.69, 9.17) is 4.98 Å². The highest BCUT2D eigenvalue weighted by Crippen LogP contribution is 2.35. The number of hydrogen-bond donors (Lipinski definition) is 1. The highest BCUT2D eigenvalue weighted by Gasteiger charge is 2.30. The van der Waals surface area contributed by atoms with E-state index in [2.05, 4.69) is 17.4 Å². The predicted octanol–water partition coefficient (Wildman–Crippen LogP) is 7.15. The molecule has 184 valence electrons. The molecular formula is C28H30F3N3O. The molecule has 1 N–H and O–H groups in total. The number of alkyl halides is 3. The molecule has 0 radical (unpaired) electrons. The van der Waals surface area contributed by atoms with Gasteiger partial charge in [0.15, 0.2) is 0 Å². The topological polar surface area (TPSA) is 45.2 Å². The number of amides is 1. The quantitative estimate of drug-likeness (QED) is 0.421. The fourth-order valence-corrected chi connectivity index (χ4v) is 5.30. The first-order valence-corrected chi connectivity index (χ1v) is 12.5. The van der Waals surface area contributed by atoms with E-state index in [-0.39, 0.29) is 5.91 Å². The zero-order valence-electron chi connectivity index (χ0n) is 19.7. The predicted molar refractivity (Wildman–Crippen MR) is 131 cm³/mol. The van der Waals surface area contributed by atoms with Gasteiger partial charge in [-0.3, -0.25) is 4.79 Å². The molecule has 5 rings (SSSR count). The summed E-state index contributed by atoms with van der Waals surface area (Å²) in [4.78, 5) is 20.1. The Morgan fingerprint density at radius 3 is 2.34 bits per heavy atom. The van der Waals surface area contributed by atoms with Gasteiger partial charge >= 0.3 is 6.18 Å². The molecule has 0 spiro atoms. The molecule has 2 aromatic carbocycles. The summed E-state index contributed by atoms with van der Waals surface area (Å²) in [5, 5.41) is 4.09. The van der Waals surface area contributed by atoms with Crippen LogP contribution >= 0.6 is 0 Å². The van der Waals surface area contributed by atoms with E-state index in [0.29, 0.717) is 29.4 Å². The third-order valence-electron chi connectivity index (χ3n) is 7.29. The number of hydrogen-bond acceptors (Lipinski definition) is 3. The van der Waals surface area contributed by atoms with Crippen molar-refractivity contribution in [2.45, 2.75) is 63.6 Å². The van der Waals surface area contributed by atoms with Crippen molar-refractivity contribution in [3.8, 4) is 0 Å². The molecule has 1 saturated carbocycles. The van der Waals surface area contributed by atoms with Crippen LogP contribution in [-0.2, 0) is 12.7 Å². The monoisotopic (exact) mass is 481 g/mol. The maximum absolute atomic E-state index is 13.5. The first-order valence-electron chi connectivity index (χ1n) is 12.5. The number of rotatable bonds is 5. The van der Waals surface area contributed by atoms with Crippen LogP contribution in [0.4, 0.5) is 19.0 Å². The van der Waals surface area contributed by atoms with Gasteiger partial charge in [-0.1, -0.05) is 37.5 Å². The van der Waals surface area contributed by atoms with Gasteiger partial charge in [0, 0.05) is 25.0 Å². The summed E-state index contributed by atoms with van der Waals surface area (Å²) in [6.45, 7) is 1.84. The van der Waals surface area contributed by atoms with E-state index >= 15 is 0 Å². The van der Waals surface area contributed by atoms with Crippen molar-refractivity contribution in [1.29, 1.82) is 0 Å². The van der Waals surface area contributed by atoms with Crippen molar-refractivity contribution < 1.29 is 18.0 Å². The number of nitrogens with one attached hydrogen (secondary N) is 1. The average Bonchev–Trinajstić information content (AvgIpc) is 3.42. The number of anilines is 1. The zero-order chi connectivity index (χ0) is 24.4. The summed E-state index contributed by atoms with van der Waals surface area (Å²) in [5.41, 5.74) is 2.71. The number of aromatic nitrogens is 1. The minimum absolute atomic E-state index is 0.0216. The number of fused-ring (bicyclic) bond motifs is 1. The highest BCUT2D eigenvalue weighted by atomic mass is 19.4. The van der Waals surface area contributed by atoms with Crippen molar-refractivity contribution >= 4 is 22.6 Å². The summed E-state index contributed by atoms with van der Waals surface area (Å²) in [6, 6.07) is 13.2. The number of nitrogens with zero attached hydrogens (tertiary/aromatic N) is 2. The molecule has 0 bridgehead atoms. The van der Waals surface area contributed by atoms with Gasteiger partial charge in [0.1, 0.15) is 5.82 Å². The van der Waals surface area contributed by atoms with Crippen LogP contribution in [0.3, 0.4) is 0 Å². The second kappa shape index (κ2) is 9.88. The van der Waals surface area contributed by atoms with Crippen LogP contribution in [0.1, 0.15) is 77.9 Å². The summed E-state index contributed by atoms with van der Waals surface area (Å²) in [6.07, 6.45) is 3.82. The molecule has 1 saturated heterocycles. The van der Waals surface area contributed by atoms with Crippen LogP contribution < -0.4 is 5.32 Å². The number of likely N-dealkylation sites (tertiary alicyclic amines) is 1. The Bertz CT molecular complexity index is 1190. The molecule has 4 nitrogen and oxygen atoms in total. The van der Waals surface area contributed by atoms with Gasteiger partial charge < -0.3 is 10.2 Å². The summed E-state index contributed by atoms with van der Waals surface area (Å²) < 4.78 is 38.6. The zero-order valence-corrected chi connectivity index (χ0v) is 19.7. The SMILES string of the molecule is O=C(c1cc(NCc2ccc(C(F)(F)F)cc2)nc2ccc(C3CCCCC3)cc12)N1CCCC1. The van der Waals surface area contributed by atoms with Gasteiger partial charge in [0.2, 0.25) is 0 Å². The molecule has 1 aromatic heterocycles. The maximum Gasteiger partial charge on any atom is 0.416 e. The van der Waals surface area contributed by atoms with Crippen molar-refractivity contribution in [2.75, 3.05) is 18.4 Å². The van der Waals surface area contributed by atoms with Gasteiger partial charge in [-0.15, -0.1) is 0 Å². The maximum atomic E-state index is 13.5.